The molecule has 0 saturated carbocycles. The second kappa shape index (κ2) is 6.57. The summed E-state index contributed by atoms with van der Waals surface area (Å²) in [5.74, 6) is -0.169. The minimum absolute atomic E-state index is 0.169. The average molecular weight is 209 g/mol. The fraction of sp³-hybridized carbons (Fsp3) is 0.538. The number of unbranched alkanes of at least 4 members (excludes halogenated alkanes) is 1. The molecule has 0 aliphatic heterocycles. The smallest absolute Gasteiger partial charge is 0.123 e. The van der Waals surface area contributed by atoms with Crippen molar-refractivity contribution in [3.63, 3.8) is 0 Å². The van der Waals surface area contributed by atoms with Crippen LogP contribution in [0, 0.1) is 5.82 Å². The van der Waals surface area contributed by atoms with Crippen molar-refractivity contribution in [3.8, 4) is 0 Å². The fourth-order valence-electron chi connectivity index (χ4n) is 1.51. The highest BCUT2D eigenvalue weighted by Crippen LogP contribution is 2.04. The first-order chi connectivity index (χ1) is 7.22. The number of rotatable bonds is 6. The number of hydrogen-bond donors (Lipinski definition) is 1. The van der Waals surface area contributed by atoms with E-state index in [1.54, 1.807) is 0 Å². The van der Waals surface area contributed by atoms with Gasteiger partial charge in [-0.1, -0.05) is 31.9 Å². The van der Waals surface area contributed by atoms with Crippen LogP contribution in [-0.4, -0.2) is 6.04 Å². The first-order valence-electron chi connectivity index (χ1n) is 5.70. The molecule has 1 nitrogen and oxygen atoms in total. The molecule has 1 unspecified atom stereocenters. The molecule has 0 aliphatic carbocycles. The molecule has 84 valence electrons. The SMILES string of the molecule is CCCCC(C)NCc1ccc(F)cc1. The van der Waals surface area contributed by atoms with Gasteiger partial charge in [-0.2, -0.15) is 0 Å². The molecule has 0 radical (unpaired) electrons. The Morgan fingerprint density at radius 1 is 1.27 bits per heavy atom. The van der Waals surface area contributed by atoms with E-state index in [1.807, 2.05) is 12.1 Å². The lowest BCUT2D eigenvalue weighted by Gasteiger charge is -2.13. The summed E-state index contributed by atoms with van der Waals surface area (Å²) in [5.41, 5.74) is 1.14. The molecule has 1 rings (SSSR count). The van der Waals surface area contributed by atoms with Gasteiger partial charge in [-0.15, -0.1) is 0 Å². The van der Waals surface area contributed by atoms with Crippen molar-refractivity contribution in [1.82, 2.24) is 5.32 Å². The Morgan fingerprint density at radius 2 is 1.93 bits per heavy atom. The van der Waals surface area contributed by atoms with E-state index in [1.165, 1.54) is 31.4 Å². The van der Waals surface area contributed by atoms with E-state index >= 15 is 0 Å². The van der Waals surface area contributed by atoms with Crippen molar-refractivity contribution in [1.29, 1.82) is 0 Å². The van der Waals surface area contributed by atoms with Gasteiger partial charge in [-0.25, -0.2) is 4.39 Å². The largest absolute Gasteiger partial charge is 0.310 e. The molecule has 0 bridgehead atoms. The molecule has 0 amide bonds. The summed E-state index contributed by atoms with van der Waals surface area (Å²) in [6, 6.07) is 7.21. The minimum atomic E-state index is -0.169. The minimum Gasteiger partial charge on any atom is -0.310 e. The zero-order chi connectivity index (χ0) is 11.1. The molecular formula is C13H20FN. The van der Waals surface area contributed by atoms with E-state index in [2.05, 4.69) is 19.2 Å². The highest BCUT2D eigenvalue weighted by molar-refractivity contribution is 5.15. The highest BCUT2D eigenvalue weighted by atomic mass is 19.1. The molecule has 0 fully saturated rings. The van der Waals surface area contributed by atoms with Gasteiger partial charge in [0.15, 0.2) is 0 Å². The Morgan fingerprint density at radius 3 is 2.53 bits per heavy atom. The lowest BCUT2D eigenvalue weighted by Crippen LogP contribution is -2.25. The lowest BCUT2D eigenvalue weighted by atomic mass is 10.1. The highest BCUT2D eigenvalue weighted by Gasteiger charge is 2.00. The summed E-state index contributed by atoms with van der Waals surface area (Å²) >= 11 is 0. The van der Waals surface area contributed by atoms with Gasteiger partial charge < -0.3 is 5.32 Å². The Labute approximate surface area is 91.7 Å². The molecule has 2 heteroatoms. The molecule has 0 heterocycles. The quantitative estimate of drug-likeness (QED) is 0.756. The number of hydrogen-bond acceptors (Lipinski definition) is 1. The van der Waals surface area contributed by atoms with Gasteiger partial charge in [-0.05, 0) is 31.0 Å². The number of halogens is 1. The zero-order valence-electron chi connectivity index (χ0n) is 9.59. The second-order valence-corrected chi connectivity index (χ2v) is 4.05. The predicted molar refractivity (Wildman–Crippen MR) is 62.2 cm³/mol. The van der Waals surface area contributed by atoms with Crippen LogP contribution in [-0.2, 0) is 6.54 Å². The third-order valence-corrected chi connectivity index (χ3v) is 2.56. The Balaban J connectivity index is 2.27. The van der Waals surface area contributed by atoms with Gasteiger partial charge in [0.2, 0.25) is 0 Å². The van der Waals surface area contributed by atoms with Crippen molar-refractivity contribution in [3.05, 3.63) is 35.6 Å². The first kappa shape index (κ1) is 12.2. The van der Waals surface area contributed by atoms with Gasteiger partial charge in [0, 0.05) is 12.6 Å². The van der Waals surface area contributed by atoms with Crippen molar-refractivity contribution in [2.45, 2.75) is 45.7 Å². The normalized spacial score (nSPS) is 12.7. The van der Waals surface area contributed by atoms with Gasteiger partial charge in [0.1, 0.15) is 5.82 Å². The van der Waals surface area contributed by atoms with E-state index in [4.69, 9.17) is 0 Å². The number of benzene rings is 1. The molecule has 1 aromatic carbocycles. The molecule has 0 aromatic heterocycles. The van der Waals surface area contributed by atoms with Crippen LogP contribution >= 0.6 is 0 Å². The van der Waals surface area contributed by atoms with E-state index in [0.717, 1.165) is 12.1 Å². The maximum Gasteiger partial charge on any atom is 0.123 e. The van der Waals surface area contributed by atoms with E-state index in [9.17, 15) is 4.39 Å². The molecule has 0 spiro atoms. The topological polar surface area (TPSA) is 12.0 Å². The molecule has 1 N–H and O–H groups in total. The summed E-state index contributed by atoms with van der Waals surface area (Å²) in [7, 11) is 0. The maximum atomic E-state index is 12.6. The Kier molecular flexibility index (Phi) is 5.33. The van der Waals surface area contributed by atoms with Crippen molar-refractivity contribution >= 4 is 0 Å². The lowest BCUT2D eigenvalue weighted by molar-refractivity contribution is 0.494. The maximum absolute atomic E-state index is 12.6. The van der Waals surface area contributed by atoms with Gasteiger partial charge in [-0.3, -0.25) is 0 Å². The van der Waals surface area contributed by atoms with Crippen LogP contribution in [0.3, 0.4) is 0 Å². The monoisotopic (exact) mass is 209 g/mol. The van der Waals surface area contributed by atoms with Crippen molar-refractivity contribution in [2.24, 2.45) is 0 Å². The molecule has 1 aromatic rings. The van der Waals surface area contributed by atoms with Crippen LogP contribution in [0.1, 0.15) is 38.7 Å². The van der Waals surface area contributed by atoms with Crippen molar-refractivity contribution in [2.75, 3.05) is 0 Å². The first-order valence-corrected chi connectivity index (χ1v) is 5.70. The van der Waals surface area contributed by atoms with Crippen LogP contribution in [0.2, 0.25) is 0 Å². The van der Waals surface area contributed by atoms with E-state index in [0.29, 0.717) is 6.04 Å². The Bertz CT molecular complexity index is 268. The van der Waals surface area contributed by atoms with Crippen LogP contribution in [0.5, 0.6) is 0 Å². The van der Waals surface area contributed by atoms with Crippen LogP contribution in [0.25, 0.3) is 0 Å². The standard InChI is InChI=1S/C13H20FN/c1-3-4-5-11(2)15-10-12-6-8-13(14)9-7-12/h6-9,11,15H,3-5,10H2,1-2H3. The summed E-state index contributed by atoms with van der Waals surface area (Å²) in [6.07, 6.45) is 3.71. The van der Waals surface area contributed by atoms with Crippen LogP contribution in [0.15, 0.2) is 24.3 Å². The summed E-state index contributed by atoms with van der Waals surface area (Å²) in [5, 5.41) is 3.43. The third-order valence-electron chi connectivity index (χ3n) is 2.56. The average Bonchev–Trinajstić information content (AvgIpc) is 2.25. The van der Waals surface area contributed by atoms with E-state index in [-0.39, 0.29) is 5.82 Å². The third kappa shape index (κ3) is 4.93. The fourth-order valence-corrected chi connectivity index (χ4v) is 1.51. The summed E-state index contributed by atoms with van der Waals surface area (Å²) in [6.45, 7) is 5.22. The molecule has 1 atom stereocenters. The van der Waals surface area contributed by atoms with Crippen LogP contribution in [0.4, 0.5) is 4.39 Å². The summed E-state index contributed by atoms with van der Waals surface area (Å²) in [4.78, 5) is 0. The van der Waals surface area contributed by atoms with Gasteiger partial charge in [0.25, 0.3) is 0 Å². The Hall–Kier alpha value is -0.890. The van der Waals surface area contributed by atoms with Crippen LogP contribution < -0.4 is 5.32 Å². The second-order valence-electron chi connectivity index (χ2n) is 4.05. The molecular weight excluding hydrogens is 189 g/mol. The predicted octanol–water partition coefficient (Wildman–Crippen LogP) is 3.49. The number of nitrogens with one attached hydrogen (secondary N) is 1. The van der Waals surface area contributed by atoms with E-state index < -0.39 is 0 Å². The van der Waals surface area contributed by atoms with Gasteiger partial charge in [0.05, 0.1) is 0 Å². The van der Waals surface area contributed by atoms with Crippen molar-refractivity contribution < 1.29 is 4.39 Å². The zero-order valence-corrected chi connectivity index (χ0v) is 9.59. The molecule has 0 saturated heterocycles. The summed E-state index contributed by atoms with van der Waals surface area (Å²) < 4.78 is 12.6. The molecule has 0 aliphatic rings. The van der Waals surface area contributed by atoms with Gasteiger partial charge >= 0.3 is 0 Å². The molecule has 15 heavy (non-hydrogen) atoms.